The Morgan fingerprint density at radius 3 is 2.16 bits per heavy atom. The van der Waals surface area contributed by atoms with E-state index in [1.165, 1.54) is 11.8 Å². The van der Waals surface area contributed by atoms with Crippen molar-refractivity contribution in [1.82, 2.24) is 5.32 Å². The van der Waals surface area contributed by atoms with Crippen LogP contribution in [0.5, 0.6) is 11.5 Å². The van der Waals surface area contributed by atoms with Crippen LogP contribution in [0.4, 0.5) is 11.4 Å². The third-order valence-corrected chi connectivity index (χ3v) is 9.40. The van der Waals surface area contributed by atoms with Crippen molar-refractivity contribution < 1.29 is 23.9 Å². The third-order valence-electron chi connectivity index (χ3n) is 8.15. The Kier molecular flexibility index (Phi) is 10.1. The van der Waals surface area contributed by atoms with Crippen molar-refractivity contribution >= 4 is 57.7 Å². The van der Waals surface area contributed by atoms with Crippen molar-refractivity contribution in [3.63, 3.8) is 0 Å². The molecule has 7 rings (SSSR count). The van der Waals surface area contributed by atoms with Gasteiger partial charge in [0, 0.05) is 27.9 Å². The number of thioether (sulfide) groups is 1. The Labute approximate surface area is 299 Å². The predicted molar refractivity (Wildman–Crippen MR) is 202 cm³/mol. The number of amides is 3. The van der Waals surface area contributed by atoms with Crippen LogP contribution in [0.2, 0.25) is 0 Å². The van der Waals surface area contributed by atoms with Gasteiger partial charge >= 0.3 is 0 Å². The maximum absolute atomic E-state index is 13.9. The molecule has 1 heterocycles. The average molecular weight is 692 g/mol. The minimum atomic E-state index is -0.614. The summed E-state index contributed by atoms with van der Waals surface area (Å²) in [6, 6.07) is 44.5. The van der Waals surface area contributed by atoms with Crippen LogP contribution in [0.15, 0.2) is 156 Å². The Hall–Kier alpha value is -6.32. The molecule has 9 heteroatoms. The first-order valence-corrected chi connectivity index (χ1v) is 17.3. The van der Waals surface area contributed by atoms with Crippen LogP contribution in [0.1, 0.15) is 26.7 Å². The van der Waals surface area contributed by atoms with Gasteiger partial charge in [-0.15, -0.1) is 11.8 Å². The van der Waals surface area contributed by atoms with Crippen molar-refractivity contribution in [2.45, 2.75) is 10.1 Å². The Morgan fingerprint density at radius 1 is 0.647 bits per heavy atom. The third kappa shape index (κ3) is 8.12. The molecule has 0 spiro atoms. The fraction of sp³-hybridized carbons (Fsp3) is 0.0714. The summed E-state index contributed by atoms with van der Waals surface area (Å²) in [4.78, 5) is 41.7. The molecule has 1 aliphatic rings. The lowest BCUT2D eigenvalue weighted by Gasteiger charge is -2.20. The van der Waals surface area contributed by atoms with Crippen LogP contribution in [-0.4, -0.2) is 30.9 Å². The number of hydrogen-bond acceptors (Lipinski definition) is 6. The number of anilines is 2. The van der Waals surface area contributed by atoms with E-state index in [1.54, 1.807) is 54.6 Å². The molecule has 6 aromatic carbocycles. The molecule has 1 unspecified atom stereocenters. The topological polar surface area (TPSA) is 106 Å². The van der Waals surface area contributed by atoms with Crippen molar-refractivity contribution in [1.29, 1.82) is 0 Å². The lowest BCUT2D eigenvalue weighted by molar-refractivity contribution is -0.116. The van der Waals surface area contributed by atoms with E-state index >= 15 is 0 Å². The van der Waals surface area contributed by atoms with Gasteiger partial charge in [0.05, 0.1) is 0 Å². The molecule has 0 radical (unpaired) electrons. The molecule has 1 aliphatic heterocycles. The van der Waals surface area contributed by atoms with Gasteiger partial charge in [-0.3, -0.25) is 14.4 Å². The van der Waals surface area contributed by atoms with Crippen molar-refractivity contribution in [3.8, 4) is 11.5 Å². The molecular formula is C42H33N3O5S. The van der Waals surface area contributed by atoms with Gasteiger partial charge in [0.2, 0.25) is 5.91 Å². The van der Waals surface area contributed by atoms with E-state index < -0.39 is 17.1 Å². The van der Waals surface area contributed by atoms with Crippen molar-refractivity contribution in [2.24, 2.45) is 0 Å². The normalized spacial score (nSPS) is 12.8. The molecule has 6 aromatic rings. The highest BCUT2D eigenvalue weighted by Crippen LogP contribution is 2.38. The molecule has 0 aromatic heterocycles. The second kappa shape index (κ2) is 15.5. The fourth-order valence-corrected chi connectivity index (χ4v) is 6.77. The molecule has 0 saturated carbocycles. The zero-order valence-electron chi connectivity index (χ0n) is 27.4. The Bertz CT molecular complexity index is 2240. The van der Waals surface area contributed by atoms with Gasteiger partial charge in [0.15, 0.2) is 11.5 Å². The van der Waals surface area contributed by atoms with Crippen molar-refractivity contribution in [2.75, 3.05) is 23.8 Å². The second-order valence-corrected chi connectivity index (χ2v) is 12.9. The highest BCUT2D eigenvalue weighted by molar-refractivity contribution is 8.00. The van der Waals surface area contributed by atoms with Gasteiger partial charge in [-0.1, -0.05) is 97.1 Å². The van der Waals surface area contributed by atoms with Crippen LogP contribution >= 0.6 is 11.8 Å². The Morgan fingerprint density at radius 2 is 1.33 bits per heavy atom. The molecule has 1 atom stereocenters. The highest BCUT2D eigenvalue weighted by atomic mass is 32.2. The van der Waals surface area contributed by atoms with E-state index in [9.17, 15) is 14.4 Å². The highest BCUT2D eigenvalue weighted by Gasteiger charge is 2.24. The summed E-state index contributed by atoms with van der Waals surface area (Å²) in [6.45, 7) is 0.925. The molecule has 0 saturated heterocycles. The summed E-state index contributed by atoms with van der Waals surface area (Å²) in [7, 11) is 0. The quantitative estimate of drug-likeness (QED) is 0.0983. The zero-order valence-corrected chi connectivity index (χ0v) is 28.2. The number of nitrogens with one attached hydrogen (secondary N) is 3. The molecule has 8 nitrogen and oxygen atoms in total. The molecule has 51 heavy (non-hydrogen) atoms. The molecule has 0 aliphatic carbocycles. The first-order valence-electron chi connectivity index (χ1n) is 16.4. The summed E-state index contributed by atoms with van der Waals surface area (Å²) in [5, 5.41) is 10.2. The van der Waals surface area contributed by atoms with Gasteiger partial charge in [-0.2, -0.15) is 0 Å². The van der Waals surface area contributed by atoms with E-state index in [2.05, 4.69) is 16.0 Å². The smallest absolute Gasteiger partial charge is 0.272 e. The largest absolute Gasteiger partial charge is 0.486 e. The molecule has 0 fully saturated rings. The number of carbonyl (C=O) groups excluding carboxylic acids is 3. The number of hydrogen-bond donors (Lipinski definition) is 3. The predicted octanol–water partition coefficient (Wildman–Crippen LogP) is 8.49. The summed E-state index contributed by atoms with van der Waals surface area (Å²) in [6.07, 6.45) is 1.69. The molecule has 0 bridgehead atoms. The van der Waals surface area contributed by atoms with Gasteiger partial charge in [0.25, 0.3) is 11.8 Å². The number of rotatable bonds is 10. The number of benzene rings is 6. The fourth-order valence-electron chi connectivity index (χ4n) is 5.69. The summed E-state index contributed by atoms with van der Waals surface area (Å²) in [5.74, 6) is 0.102. The molecule has 3 N–H and O–H groups in total. The molecule has 252 valence electrons. The van der Waals surface area contributed by atoms with Crippen LogP contribution < -0.4 is 25.4 Å². The lowest BCUT2D eigenvalue weighted by atomic mass is 10.0. The van der Waals surface area contributed by atoms with E-state index in [1.807, 2.05) is 97.1 Å². The lowest BCUT2D eigenvalue weighted by Crippen LogP contribution is -2.30. The molecular weight excluding hydrogens is 659 g/mol. The van der Waals surface area contributed by atoms with Crippen molar-refractivity contribution in [3.05, 3.63) is 168 Å². The summed E-state index contributed by atoms with van der Waals surface area (Å²) in [5.41, 5.74) is 3.20. The number of fused-ring (bicyclic) bond motifs is 2. The first-order chi connectivity index (χ1) is 25.0. The first kappa shape index (κ1) is 33.2. The monoisotopic (exact) mass is 691 g/mol. The van der Waals surface area contributed by atoms with Crippen LogP contribution in [0.3, 0.4) is 0 Å². The summed E-state index contributed by atoms with van der Waals surface area (Å²) >= 11 is 1.36. The van der Waals surface area contributed by atoms with E-state index in [4.69, 9.17) is 9.47 Å². The number of ether oxygens (including phenoxy) is 2. The van der Waals surface area contributed by atoms with Gasteiger partial charge < -0.3 is 25.4 Å². The minimum absolute atomic E-state index is 0.0826. The zero-order chi connectivity index (χ0) is 35.0. The van der Waals surface area contributed by atoms with Gasteiger partial charge in [-0.05, 0) is 70.4 Å². The summed E-state index contributed by atoms with van der Waals surface area (Å²) < 4.78 is 11.3. The van der Waals surface area contributed by atoms with Crippen LogP contribution in [-0.2, 0) is 9.59 Å². The standard InChI is InChI=1S/C42H33N3O5S/c46-40(30-14-5-2-6-15-30)45-36(25-31-17-9-16-28-11-7-8-20-35(28)31)41(47)43-32-18-10-19-34(26-32)51-39(29-12-3-1-4-13-29)42(48)44-33-21-22-37-38(27-33)50-24-23-49-37/h1-22,25-27,39H,23-24H2,(H,43,47)(H,44,48)(H,45,46)/b36-25+. The maximum atomic E-state index is 13.9. The van der Waals surface area contributed by atoms with E-state index in [0.29, 0.717) is 41.7 Å². The van der Waals surface area contributed by atoms with Gasteiger partial charge in [0.1, 0.15) is 24.2 Å². The van der Waals surface area contributed by atoms with Crippen LogP contribution in [0.25, 0.3) is 16.8 Å². The van der Waals surface area contributed by atoms with Crippen LogP contribution in [0, 0.1) is 0 Å². The van der Waals surface area contributed by atoms with E-state index in [0.717, 1.165) is 26.8 Å². The van der Waals surface area contributed by atoms with Gasteiger partial charge in [-0.25, -0.2) is 0 Å². The number of carbonyl (C=O) groups is 3. The van der Waals surface area contributed by atoms with E-state index in [-0.39, 0.29) is 11.6 Å². The molecule has 3 amide bonds. The minimum Gasteiger partial charge on any atom is -0.486 e. The second-order valence-electron chi connectivity index (χ2n) is 11.7. The average Bonchev–Trinajstić information content (AvgIpc) is 3.17. The Balaban J connectivity index is 1.14. The SMILES string of the molecule is O=C(Nc1cccc(SC(C(=O)Nc2ccc3c(c2)OCCO3)c2ccccc2)c1)/C(=C\c1cccc2ccccc12)NC(=O)c1ccccc1. The maximum Gasteiger partial charge on any atom is 0.272 e.